The minimum atomic E-state index is -0.566. The number of fused-ring (bicyclic) bond motifs is 1. The molecule has 0 fully saturated rings. The van der Waals surface area contributed by atoms with E-state index >= 15 is 0 Å². The van der Waals surface area contributed by atoms with Gasteiger partial charge in [-0.25, -0.2) is 14.8 Å². The lowest BCUT2D eigenvalue weighted by molar-refractivity contribution is 0.0589. The molecule has 0 saturated heterocycles. The molecule has 4 rings (SSSR count). The van der Waals surface area contributed by atoms with Gasteiger partial charge < -0.3 is 10.1 Å². The quantitative estimate of drug-likeness (QED) is 0.466. The van der Waals surface area contributed by atoms with Crippen LogP contribution in [-0.2, 0) is 24.2 Å². The van der Waals surface area contributed by atoms with Crippen LogP contribution in [0.1, 0.15) is 37.6 Å². The lowest BCUT2D eigenvalue weighted by Crippen LogP contribution is -2.34. The molecule has 1 amide bonds. The first-order valence-electron chi connectivity index (χ1n) is 11.3. The van der Waals surface area contributed by atoms with Crippen LogP contribution in [0.3, 0.4) is 0 Å². The van der Waals surface area contributed by atoms with E-state index in [4.69, 9.17) is 16.3 Å². The van der Waals surface area contributed by atoms with Crippen LogP contribution in [0.25, 0.3) is 0 Å². The van der Waals surface area contributed by atoms with Crippen LogP contribution < -0.4 is 10.2 Å². The molecule has 7 nitrogen and oxygen atoms in total. The standard InChI is InChI=1S/C26H30ClN5O2/c1-26(2,3)34-25(33)31(4)20-12-8-11-19(15-20)28-23-21-17-32(16-18-9-6-5-7-10-18)14-13-22(21)29-24(27)30-23/h5-12,15H,13-14,16-17H2,1-4H3,(H,28,29,30). The van der Waals surface area contributed by atoms with E-state index in [9.17, 15) is 4.79 Å². The number of nitrogens with zero attached hydrogens (tertiary/aromatic N) is 4. The molecule has 1 N–H and O–H groups in total. The van der Waals surface area contributed by atoms with E-state index in [1.807, 2.05) is 51.1 Å². The maximum atomic E-state index is 12.5. The van der Waals surface area contributed by atoms with E-state index in [1.54, 1.807) is 7.05 Å². The van der Waals surface area contributed by atoms with E-state index in [1.165, 1.54) is 10.5 Å². The number of benzene rings is 2. The summed E-state index contributed by atoms with van der Waals surface area (Å²) >= 11 is 6.25. The molecule has 0 aliphatic carbocycles. The van der Waals surface area contributed by atoms with Crippen molar-refractivity contribution in [2.75, 3.05) is 23.8 Å². The van der Waals surface area contributed by atoms with Crippen molar-refractivity contribution < 1.29 is 9.53 Å². The molecule has 1 aliphatic rings. The van der Waals surface area contributed by atoms with Crippen LogP contribution in [0.2, 0.25) is 5.28 Å². The van der Waals surface area contributed by atoms with E-state index in [0.717, 1.165) is 43.0 Å². The molecule has 0 atom stereocenters. The number of carbonyl (C=O) groups is 1. The van der Waals surface area contributed by atoms with Crippen LogP contribution in [0.4, 0.5) is 22.0 Å². The third-order valence-electron chi connectivity index (χ3n) is 5.52. The summed E-state index contributed by atoms with van der Waals surface area (Å²) < 4.78 is 5.49. The Labute approximate surface area is 205 Å². The first-order chi connectivity index (χ1) is 16.2. The topological polar surface area (TPSA) is 70.6 Å². The second-order valence-electron chi connectivity index (χ2n) is 9.43. The third-order valence-corrected chi connectivity index (χ3v) is 5.69. The molecule has 178 valence electrons. The number of halogens is 1. The van der Waals surface area contributed by atoms with Crippen molar-refractivity contribution in [3.8, 4) is 0 Å². The summed E-state index contributed by atoms with van der Waals surface area (Å²) in [6.07, 6.45) is 0.393. The Kier molecular flexibility index (Phi) is 7.05. The molecule has 8 heteroatoms. The lowest BCUT2D eigenvalue weighted by atomic mass is 10.0. The van der Waals surface area contributed by atoms with Crippen molar-refractivity contribution in [3.05, 3.63) is 76.7 Å². The van der Waals surface area contributed by atoms with Gasteiger partial charge in [0.2, 0.25) is 5.28 Å². The number of anilines is 3. The molecular weight excluding hydrogens is 450 g/mol. The second kappa shape index (κ2) is 9.99. The number of nitrogens with one attached hydrogen (secondary N) is 1. The molecule has 0 bridgehead atoms. The largest absolute Gasteiger partial charge is 0.443 e. The summed E-state index contributed by atoms with van der Waals surface area (Å²) in [5.74, 6) is 0.685. The number of amides is 1. The Morgan fingerprint density at radius 1 is 1.15 bits per heavy atom. The molecule has 34 heavy (non-hydrogen) atoms. The Morgan fingerprint density at radius 3 is 2.65 bits per heavy atom. The fourth-order valence-electron chi connectivity index (χ4n) is 3.88. The van der Waals surface area contributed by atoms with E-state index in [2.05, 4.69) is 44.5 Å². The minimum Gasteiger partial charge on any atom is -0.443 e. The van der Waals surface area contributed by atoms with Gasteiger partial charge in [-0.3, -0.25) is 9.80 Å². The Balaban J connectivity index is 1.54. The molecular formula is C26H30ClN5O2. The average molecular weight is 480 g/mol. The number of hydrogen-bond acceptors (Lipinski definition) is 6. The zero-order valence-electron chi connectivity index (χ0n) is 20.0. The molecule has 0 radical (unpaired) electrons. The van der Waals surface area contributed by atoms with E-state index in [-0.39, 0.29) is 5.28 Å². The maximum absolute atomic E-state index is 12.5. The molecule has 1 aliphatic heterocycles. The van der Waals surface area contributed by atoms with Crippen LogP contribution >= 0.6 is 11.6 Å². The van der Waals surface area contributed by atoms with Crippen molar-refractivity contribution in [1.82, 2.24) is 14.9 Å². The fraction of sp³-hybridized carbons (Fsp3) is 0.346. The van der Waals surface area contributed by atoms with Crippen molar-refractivity contribution in [3.63, 3.8) is 0 Å². The zero-order valence-corrected chi connectivity index (χ0v) is 20.8. The van der Waals surface area contributed by atoms with Crippen molar-refractivity contribution in [1.29, 1.82) is 0 Å². The lowest BCUT2D eigenvalue weighted by Gasteiger charge is -2.29. The van der Waals surface area contributed by atoms with E-state index < -0.39 is 11.7 Å². The maximum Gasteiger partial charge on any atom is 0.414 e. The Hall–Kier alpha value is -3.16. The van der Waals surface area contributed by atoms with Crippen molar-refractivity contribution in [2.45, 2.75) is 45.9 Å². The summed E-state index contributed by atoms with van der Waals surface area (Å²) in [5, 5.41) is 3.62. The van der Waals surface area contributed by atoms with Crippen LogP contribution in [0.15, 0.2) is 54.6 Å². The molecule has 0 spiro atoms. The molecule has 1 aromatic heterocycles. The van der Waals surface area contributed by atoms with E-state index in [0.29, 0.717) is 11.5 Å². The molecule has 2 heterocycles. The predicted octanol–water partition coefficient (Wildman–Crippen LogP) is 5.80. The normalized spacial score (nSPS) is 13.8. The number of rotatable bonds is 5. The van der Waals surface area contributed by atoms with Crippen LogP contribution in [-0.4, -0.2) is 40.2 Å². The Bertz CT molecular complexity index is 1160. The van der Waals surface area contributed by atoms with Gasteiger partial charge in [0, 0.05) is 50.0 Å². The number of aromatic nitrogens is 2. The average Bonchev–Trinajstić information content (AvgIpc) is 2.78. The number of ether oxygens (including phenoxy) is 1. The van der Waals surface area contributed by atoms with Gasteiger partial charge in [-0.1, -0.05) is 36.4 Å². The first-order valence-corrected chi connectivity index (χ1v) is 11.7. The van der Waals surface area contributed by atoms with Gasteiger partial charge >= 0.3 is 6.09 Å². The Morgan fingerprint density at radius 2 is 1.91 bits per heavy atom. The smallest absolute Gasteiger partial charge is 0.414 e. The highest BCUT2D eigenvalue weighted by Crippen LogP contribution is 2.30. The summed E-state index contributed by atoms with van der Waals surface area (Å²) in [5.41, 5.74) is 4.22. The fourth-order valence-corrected chi connectivity index (χ4v) is 4.07. The molecule has 3 aromatic rings. The monoisotopic (exact) mass is 479 g/mol. The van der Waals surface area contributed by atoms with Gasteiger partial charge in [-0.2, -0.15) is 0 Å². The SMILES string of the molecule is CN(C(=O)OC(C)(C)C)c1cccc(Nc2nc(Cl)nc3c2CN(Cc2ccccc2)CC3)c1. The van der Waals surface area contributed by atoms with Gasteiger partial charge in [0.1, 0.15) is 11.4 Å². The predicted molar refractivity (Wildman–Crippen MR) is 136 cm³/mol. The molecule has 2 aromatic carbocycles. The van der Waals surface area contributed by atoms with Gasteiger partial charge in [0.15, 0.2) is 0 Å². The van der Waals surface area contributed by atoms with Gasteiger partial charge in [0.25, 0.3) is 0 Å². The van der Waals surface area contributed by atoms with Crippen LogP contribution in [0.5, 0.6) is 0 Å². The molecule has 0 unspecified atom stereocenters. The van der Waals surface area contributed by atoms with Gasteiger partial charge in [-0.15, -0.1) is 0 Å². The summed E-state index contributed by atoms with van der Waals surface area (Å²) in [4.78, 5) is 25.3. The minimum absolute atomic E-state index is 0.222. The van der Waals surface area contributed by atoms with Gasteiger partial charge in [-0.05, 0) is 56.1 Å². The second-order valence-corrected chi connectivity index (χ2v) is 9.77. The first kappa shape index (κ1) is 24.0. The van der Waals surface area contributed by atoms with Crippen molar-refractivity contribution >= 4 is 34.9 Å². The highest BCUT2D eigenvalue weighted by atomic mass is 35.5. The number of hydrogen-bond donors (Lipinski definition) is 1. The van der Waals surface area contributed by atoms with Crippen LogP contribution in [0, 0.1) is 0 Å². The highest BCUT2D eigenvalue weighted by Gasteiger charge is 2.24. The van der Waals surface area contributed by atoms with Gasteiger partial charge in [0.05, 0.1) is 5.69 Å². The summed E-state index contributed by atoms with van der Waals surface area (Å²) in [6.45, 7) is 8.03. The number of carbonyl (C=O) groups excluding carboxylic acids is 1. The summed E-state index contributed by atoms with van der Waals surface area (Å²) in [6, 6.07) is 18.0. The van der Waals surface area contributed by atoms with Crippen molar-refractivity contribution in [2.24, 2.45) is 0 Å². The molecule has 0 saturated carbocycles. The highest BCUT2D eigenvalue weighted by molar-refractivity contribution is 6.28. The zero-order chi connectivity index (χ0) is 24.3. The third kappa shape index (κ3) is 6.04. The summed E-state index contributed by atoms with van der Waals surface area (Å²) in [7, 11) is 1.69.